The summed E-state index contributed by atoms with van der Waals surface area (Å²) < 4.78 is 0. The van der Waals surface area contributed by atoms with E-state index < -0.39 is 0 Å². The van der Waals surface area contributed by atoms with Crippen molar-refractivity contribution in [2.24, 2.45) is 0 Å². The number of fused-ring (bicyclic) bond motifs is 5. The summed E-state index contributed by atoms with van der Waals surface area (Å²) in [6.45, 7) is 6.66. The summed E-state index contributed by atoms with van der Waals surface area (Å²) in [6.07, 6.45) is 3.47. The summed E-state index contributed by atoms with van der Waals surface area (Å²) in [6, 6.07) is 34.5. The third-order valence-electron chi connectivity index (χ3n) is 8.13. The third-order valence-corrected chi connectivity index (χ3v) is 9.28. The highest BCUT2D eigenvalue weighted by atomic mass is 32.2. The lowest BCUT2D eigenvalue weighted by molar-refractivity contribution is 0.825. The summed E-state index contributed by atoms with van der Waals surface area (Å²) in [7, 11) is 0. The predicted octanol–water partition coefficient (Wildman–Crippen LogP) is 10.2. The van der Waals surface area contributed by atoms with Crippen molar-refractivity contribution in [3.8, 4) is 11.1 Å². The van der Waals surface area contributed by atoms with Crippen LogP contribution in [0.2, 0.25) is 0 Å². The lowest BCUT2D eigenvalue weighted by Crippen LogP contribution is -2.08. The van der Waals surface area contributed by atoms with Gasteiger partial charge in [-0.2, -0.15) is 0 Å². The van der Waals surface area contributed by atoms with Crippen LogP contribution in [0.1, 0.15) is 51.8 Å². The highest BCUT2D eigenvalue weighted by Gasteiger charge is 2.28. The first-order valence-electron chi connectivity index (χ1n) is 13.3. The monoisotopic (exact) mass is 494 g/mol. The maximum atomic E-state index is 2.47. The van der Waals surface area contributed by atoms with Gasteiger partial charge >= 0.3 is 0 Å². The van der Waals surface area contributed by atoms with E-state index in [1.165, 1.54) is 88.2 Å². The molecule has 1 aliphatic carbocycles. The summed E-state index contributed by atoms with van der Waals surface area (Å²) in [5, 5.41) is 2.75. The zero-order chi connectivity index (χ0) is 25.1. The van der Waals surface area contributed by atoms with Crippen molar-refractivity contribution in [3.05, 3.63) is 130 Å². The Bertz CT molecular complexity index is 1730. The van der Waals surface area contributed by atoms with E-state index in [-0.39, 0.29) is 0 Å². The molecule has 180 valence electrons. The standard InChI is InChI=1S/C36H30S/c1-22-14-18-28-26(20-22)16-15-25-10-7-12-30(35(25)28)36-29-11-4-5-13-32(29)37-33-19-17-27(21-31(33)36)34-23(2)8-6-9-24(34)3/h4-6,8-9,11,13-21H,7,10,12H2,1-3H3/b36-30+. The molecule has 5 aromatic carbocycles. The topological polar surface area (TPSA) is 0 Å². The van der Waals surface area contributed by atoms with Crippen LogP contribution >= 0.6 is 11.8 Å². The molecule has 1 heteroatoms. The van der Waals surface area contributed by atoms with Crippen LogP contribution in [0.4, 0.5) is 0 Å². The molecule has 1 heterocycles. The second-order valence-corrected chi connectivity index (χ2v) is 11.7. The molecule has 0 amide bonds. The van der Waals surface area contributed by atoms with E-state index in [2.05, 4.69) is 112 Å². The van der Waals surface area contributed by atoms with Crippen LogP contribution in [-0.4, -0.2) is 0 Å². The number of rotatable bonds is 1. The average molecular weight is 495 g/mol. The molecule has 0 saturated heterocycles. The van der Waals surface area contributed by atoms with Crippen LogP contribution in [0, 0.1) is 20.8 Å². The number of hydrogen-bond acceptors (Lipinski definition) is 1. The number of allylic oxidation sites excluding steroid dienone is 1. The molecule has 0 aromatic heterocycles. The van der Waals surface area contributed by atoms with Crippen LogP contribution < -0.4 is 0 Å². The molecular weight excluding hydrogens is 464 g/mol. The van der Waals surface area contributed by atoms with E-state index in [1.807, 2.05) is 11.8 Å². The minimum absolute atomic E-state index is 1.11. The molecule has 1 aliphatic heterocycles. The fourth-order valence-corrected chi connectivity index (χ4v) is 7.55. The Hall–Kier alpha value is -3.55. The van der Waals surface area contributed by atoms with Crippen molar-refractivity contribution < 1.29 is 0 Å². The zero-order valence-corrected chi connectivity index (χ0v) is 22.5. The molecule has 0 spiro atoms. The number of hydrogen-bond donors (Lipinski definition) is 0. The highest BCUT2D eigenvalue weighted by molar-refractivity contribution is 7.99. The van der Waals surface area contributed by atoms with Gasteiger partial charge in [0, 0.05) is 9.79 Å². The fraction of sp³-hybridized carbons (Fsp3) is 0.167. The maximum Gasteiger partial charge on any atom is 0.0201 e. The molecule has 37 heavy (non-hydrogen) atoms. The van der Waals surface area contributed by atoms with Gasteiger partial charge in [-0.3, -0.25) is 0 Å². The van der Waals surface area contributed by atoms with Gasteiger partial charge in [-0.05, 0) is 125 Å². The fourth-order valence-electron chi connectivity index (χ4n) is 6.48. The smallest absolute Gasteiger partial charge is 0.0201 e. The first-order chi connectivity index (χ1) is 18.1. The molecule has 7 rings (SSSR count). The van der Waals surface area contributed by atoms with E-state index in [0.717, 1.165) is 12.8 Å². The Labute approximate surface area is 224 Å². The van der Waals surface area contributed by atoms with Crippen molar-refractivity contribution >= 4 is 33.7 Å². The van der Waals surface area contributed by atoms with Gasteiger partial charge in [0.1, 0.15) is 0 Å². The van der Waals surface area contributed by atoms with Crippen molar-refractivity contribution in [3.63, 3.8) is 0 Å². The van der Waals surface area contributed by atoms with Crippen LogP contribution in [0.25, 0.3) is 33.0 Å². The molecular formula is C36H30S. The van der Waals surface area contributed by atoms with Gasteiger partial charge in [0.05, 0.1) is 0 Å². The molecule has 0 saturated carbocycles. The van der Waals surface area contributed by atoms with Gasteiger partial charge in [-0.1, -0.05) is 90.1 Å². The van der Waals surface area contributed by atoms with Crippen LogP contribution in [0.3, 0.4) is 0 Å². The van der Waals surface area contributed by atoms with E-state index in [4.69, 9.17) is 0 Å². The first kappa shape index (κ1) is 22.6. The van der Waals surface area contributed by atoms with Crippen molar-refractivity contribution in [1.82, 2.24) is 0 Å². The Morgan fingerprint density at radius 2 is 1.43 bits per heavy atom. The summed E-state index contributed by atoms with van der Waals surface area (Å²) in [5.41, 5.74) is 15.4. The Kier molecular flexibility index (Phi) is 5.37. The molecule has 2 aliphatic rings. The van der Waals surface area contributed by atoms with Gasteiger partial charge in [-0.25, -0.2) is 0 Å². The zero-order valence-electron chi connectivity index (χ0n) is 21.7. The second kappa shape index (κ2) is 8.78. The van der Waals surface area contributed by atoms with Crippen molar-refractivity contribution in [1.29, 1.82) is 0 Å². The first-order valence-corrected chi connectivity index (χ1v) is 14.1. The largest absolute Gasteiger partial charge is 0.0888 e. The van der Waals surface area contributed by atoms with Gasteiger partial charge < -0.3 is 0 Å². The Morgan fingerprint density at radius 3 is 2.30 bits per heavy atom. The summed E-state index contributed by atoms with van der Waals surface area (Å²) in [5.74, 6) is 0. The van der Waals surface area contributed by atoms with E-state index in [1.54, 1.807) is 0 Å². The Balaban J connectivity index is 1.56. The quantitative estimate of drug-likeness (QED) is 0.219. The van der Waals surface area contributed by atoms with Gasteiger partial charge in [-0.15, -0.1) is 0 Å². The molecule has 0 fully saturated rings. The average Bonchev–Trinajstić information content (AvgIpc) is 2.91. The van der Waals surface area contributed by atoms with Gasteiger partial charge in [0.25, 0.3) is 0 Å². The van der Waals surface area contributed by atoms with Crippen LogP contribution in [0.5, 0.6) is 0 Å². The van der Waals surface area contributed by atoms with Crippen molar-refractivity contribution in [2.45, 2.75) is 49.8 Å². The normalized spacial score (nSPS) is 16.3. The van der Waals surface area contributed by atoms with Gasteiger partial charge in [0.15, 0.2) is 0 Å². The second-order valence-electron chi connectivity index (χ2n) is 10.6. The minimum Gasteiger partial charge on any atom is -0.0888 e. The SMILES string of the molecule is Cc1ccc2c3c(ccc2c1)CCC/C3=C1/c2ccccc2Sc2ccc(-c3c(C)cccc3C)cc21. The van der Waals surface area contributed by atoms with Crippen LogP contribution in [-0.2, 0) is 6.42 Å². The molecule has 0 bridgehead atoms. The number of aryl methyl sites for hydroxylation is 4. The summed E-state index contributed by atoms with van der Waals surface area (Å²) in [4.78, 5) is 2.72. The lowest BCUT2D eigenvalue weighted by atomic mass is 9.78. The molecule has 0 unspecified atom stereocenters. The highest BCUT2D eigenvalue weighted by Crippen LogP contribution is 2.52. The molecule has 0 N–H and O–H groups in total. The van der Waals surface area contributed by atoms with Gasteiger partial charge in [0.2, 0.25) is 0 Å². The molecule has 0 radical (unpaired) electrons. The Morgan fingerprint density at radius 1 is 0.622 bits per heavy atom. The maximum absolute atomic E-state index is 2.47. The van der Waals surface area contributed by atoms with E-state index >= 15 is 0 Å². The number of benzene rings is 5. The lowest BCUT2D eigenvalue weighted by Gasteiger charge is -2.30. The van der Waals surface area contributed by atoms with Crippen molar-refractivity contribution in [2.75, 3.05) is 0 Å². The molecule has 5 aromatic rings. The van der Waals surface area contributed by atoms with E-state index in [9.17, 15) is 0 Å². The summed E-state index contributed by atoms with van der Waals surface area (Å²) >= 11 is 1.92. The predicted molar refractivity (Wildman–Crippen MR) is 159 cm³/mol. The third kappa shape index (κ3) is 3.68. The minimum atomic E-state index is 1.11. The van der Waals surface area contributed by atoms with E-state index in [0.29, 0.717) is 0 Å². The molecule has 0 atom stereocenters. The molecule has 0 nitrogen and oxygen atoms in total. The van der Waals surface area contributed by atoms with Crippen LogP contribution in [0.15, 0.2) is 101 Å².